The van der Waals surface area contributed by atoms with Gasteiger partial charge < -0.3 is 15.4 Å². The van der Waals surface area contributed by atoms with E-state index in [1.807, 2.05) is 25.1 Å². The number of rotatable bonds is 11. The second-order valence-electron chi connectivity index (χ2n) is 12.2. The van der Waals surface area contributed by atoms with Crippen molar-refractivity contribution in [1.82, 2.24) is 10.6 Å². The molecule has 2 aromatic carbocycles. The van der Waals surface area contributed by atoms with Gasteiger partial charge in [0.25, 0.3) is 0 Å². The minimum atomic E-state index is -0.00598. The van der Waals surface area contributed by atoms with Gasteiger partial charge in [0.2, 0.25) is 11.8 Å². The van der Waals surface area contributed by atoms with Crippen LogP contribution in [0.2, 0.25) is 0 Å². The van der Waals surface area contributed by atoms with Gasteiger partial charge in [-0.15, -0.1) is 0 Å². The third-order valence-electron chi connectivity index (χ3n) is 8.81. The second-order valence-corrected chi connectivity index (χ2v) is 12.2. The highest BCUT2D eigenvalue weighted by Gasteiger charge is 2.31. The molecule has 0 spiro atoms. The number of likely N-dealkylation sites (N-methyl/N-ethyl adjacent to an activating group) is 1. The van der Waals surface area contributed by atoms with Crippen LogP contribution in [0.3, 0.4) is 0 Å². The summed E-state index contributed by atoms with van der Waals surface area (Å²) in [6.07, 6.45) is 8.63. The first-order valence-electron chi connectivity index (χ1n) is 14.6. The summed E-state index contributed by atoms with van der Waals surface area (Å²) < 4.78 is 6.69. The van der Waals surface area contributed by atoms with Gasteiger partial charge in [-0.05, 0) is 66.2 Å². The lowest BCUT2D eigenvalue weighted by Gasteiger charge is -2.29. The molecule has 2 N–H and O–H groups in total. The Morgan fingerprint density at radius 3 is 2.50 bits per heavy atom. The summed E-state index contributed by atoms with van der Waals surface area (Å²) in [5.74, 6) is 1.56. The van der Waals surface area contributed by atoms with Crippen molar-refractivity contribution in [3.63, 3.8) is 0 Å². The van der Waals surface area contributed by atoms with Gasteiger partial charge >= 0.3 is 0 Å². The molecule has 0 heterocycles. The highest BCUT2D eigenvalue weighted by atomic mass is 16.5. The van der Waals surface area contributed by atoms with Crippen molar-refractivity contribution in [3.05, 3.63) is 53.6 Å². The molecular formula is C33H46N2O3. The van der Waals surface area contributed by atoms with Crippen LogP contribution < -0.4 is 15.4 Å². The Bertz CT molecular complexity index is 1120. The molecule has 0 saturated heterocycles. The number of ether oxygens (including phenoxy) is 1. The Morgan fingerprint density at radius 1 is 1.05 bits per heavy atom. The second kappa shape index (κ2) is 12.4. The van der Waals surface area contributed by atoms with Crippen LogP contribution in [-0.4, -0.2) is 31.0 Å². The summed E-state index contributed by atoms with van der Waals surface area (Å²) in [6.45, 7) is 8.69. The minimum absolute atomic E-state index is 0.000854. The van der Waals surface area contributed by atoms with Crippen molar-refractivity contribution in [2.75, 3.05) is 7.05 Å². The standard InChI is InChI=1S/C33H46N2O3/c1-6-33(3,4)21-22(2)32(37)35-25-17-18-26(20-25)38-29-16-10-13-24(19-30(36)34-5)31(29)28-15-8-7-14-27(28)23-11-9-12-23/h7-8,10,13-16,22-23,25-26H,6,9,11-12,17-21H2,1-5H3,(H,34,36)(H,35,37)/t22-,25+,26?/m0/s1. The summed E-state index contributed by atoms with van der Waals surface area (Å²) in [5, 5.41) is 6.08. The van der Waals surface area contributed by atoms with Crippen LogP contribution >= 0.6 is 0 Å². The highest BCUT2D eigenvalue weighted by molar-refractivity contribution is 5.85. The Labute approximate surface area is 229 Å². The monoisotopic (exact) mass is 518 g/mol. The van der Waals surface area contributed by atoms with E-state index in [9.17, 15) is 9.59 Å². The molecule has 5 nitrogen and oxygen atoms in total. The fourth-order valence-electron chi connectivity index (χ4n) is 5.96. The number of carbonyl (C=O) groups excluding carboxylic acids is 2. The van der Waals surface area contributed by atoms with E-state index in [-0.39, 0.29) is 35.3 Å². The molecule has 206 valence electrons. The quantitative estimate of drug-likeness (QED) is 0.344. The Morgan fingerprint density at radius 2 is 1.82 bits per heavy atom. The van der Waals surface area contributed by atoms with Crippen molar-refractivity contribution < 1.29 is 14.3 Å². The lowest BCUT2D eigenvalue weighted by Crippen LogP contribution is -2.38. The zero-order valence-electron chi connectivity index (χ0n) is 23.9. The van der Waals surface area contributed by atoms with Gasteiger partial charge in [0.15, 0.2) is 0 Å². The van der Waals surface area contributed by atoms with E-state index in [0.29, 0.717) is 12.3 Å². The normalized spacial score (nSPS) is 20.4. The molecule has 1 unspecified atom stereocenters. The highest BCUT2D eigenvalue weighted by Crippen LogP contribution is 2.45. The molecule has 5 heteroatoms. The maximum absolute atomic E-state index is 12.9. The van der Waals surface area contributed by atoms with E-state index >= 15 is 0 Å². The van der Waals surface area contributed by atoms with Crippen LogP contribution in [0, 0.1) is 11.3 Å². The fraction of sp³-hybridized carbons (Fsp3) is 0.576. The van der Waals surface area contributed by atoms with Crippen LogP contribution in [0.15, 0.2) is 42.5 Å². The van der Waals surface area contributed by atoms with Crippen LogP contribution in [0.25, 0.3) is 11.1 Å². The summed E-state index contributed by atoms with van der Waals surface area (Å²) in [6, 6.07) is 14.8. The topological polar surface area (TPSA) is 67.4 Å². The zero-order chi connectivity index (χ0) is 27.3. The number of benzene rings is 2. The average molecular weight is 519 g/mol. The smallest absolute Gasteiger partial charge is 0.224 e. The first kappa shape index (κ1) is 28.2. The van der Waals surface area contributed by atoms with E-state index in [1.54, 1.807) is 7.05 Å². The summed E-state index contributed by atoms with van der Waals surface area (Å²) in [4.78, 5) is 25.3. The predicted molar refractivity (Wildman–Crippen MR) is 154 cm³/mol. The summed E-state index contributed by atoms with van der Waals surface area (Å²) >= 11 is 0. The van der Waals surface area contributed by atoms with Crippen molar-refractivity contribution in [2.45, 2.75) is 104 Å². The van der Waals surface area contributed by atoms with E-state index in [0.717, 1.165) is 49.0 Å². The predicted octanol–water partition coefficient (Wildman–Crippen LogP) is 6.79. The van der Waals surface area contributed by atoms with E-state index in [1.165, 1.54) is 30.4 Å². The molecular weight excluding hydrogens is 472 g/mol. The molecule has 2 aliphatic rings. The molecule has 2 aliphatic carbocycles. The van der Waals surface area contributed by atoms with Gasteiger partial charge in [0.05, 0.1) is 6.42 Å². The Kier molecular flexibility index (Phi) is 9.17. The lowest BCUT2D eigenvalue weighted by atomic mass is 9.76. The van der Waals surface area contributed by atoms with E-state index in [4.69, 9.17) is 4.74 Å². The zero-order valence-corrected chi connectivity index (χ0v) is 23.9. The molecule has 3 atom stereocenters. The maximum Gasteiger partial charge on any atom is 0.224 e. The molecule has 38 heavy (non-hydrogen) atoms. The largest absolute Gasteiger partial charge is 0.490 e. The Hall–Kier alpha value is -2.82. The number of amides is 2. The number of nitrogens with one attached hydrogen (secondary N) is 2. The molecule has 0 aliphatic heterocycles. The van der Waals surface area contributed by atoms with E-state index in [2.05, 4.69) is 55.7 Å². The molecule has 2 amide bonds. The van der Waals surface area contributed by atoms with Crippen LogP contribution in [0.5, 0.6) is 5.75 Å². The van der Waals surface area contributed by atoms with Crippen molar-refractivity contribution in [3.8, 4) is 16.9 Å². The molecule has 2 fully saturated rings. The van der Waals surface area contributed by atoms with Crippen LogP contribution in [0.4, 0.5) is 0 Å². The molecule has 0 radical (unpaired) electrons. The van der Waals surface area contributed by atoms with Gasteiger partial charge in [-0.2, -0.15) is 0 Å². The summed E-state index contributed by atoms with van der Waals surface area (Å²) in [7, 11) is 1.68. The SMILES string of the molecule is CCC(C)(C)C[C@H](C)C(=O)N[C@@H]1CCC(Oc2cccc(CC(=O)NC)c2-c2ccccc2C2CCC2)C1. The van der Waals surface area contributed by atoms with E-state index < -0.39 is 0 Å². The van der Waals surface area contributed by atoms with Crippen molar-refractivity contribution in [2.24, 2.45) is 11.3 Å². The molecule has 4 rings (SSSR count). The Balaban J connectivity index is 1.52. The lowest BCUT2D eigenvalue weighted by molar-refractivity contribution is -0.126. The molecule has 2 saturated carbocycles. The van der Waals surface area contributed by atoms with Crippen LogP contribution in [-0.2, 0) is 16.0 Å². The molecule has 0 bridgehead atoms. The average Bonchev–Trinajstić information content (AvgIpc) is 3.30. The van der Waals surface area contributed by atoms with Gasteiger partial charge in [-0.3, -0.25) is 9.59 Å². The first-order chi connectivity index (χ1) is 18.2. The minimum Gasteiger partial charge on any atom is -0.490 e. The number of hydrogen-bond acceptors (Lipinski definition) is 3. The summed E-state index contributed by atoms with van der Waals surface area (Å²) in [5.41, 5.74) is 4.74. The molecule has 2 aromatic rings. The maximum atomic E-state index is 12.9. The third kappa shape index (κ3) is 6.78. The van der Waals surface area contributed by atoms with Crippen molar-refractivity contribution in [1.29, 1.82) is 0 Å². The number of carbonyl (C=O) groups is 2. The van der Waals surface area contributed by atoms with Gasteiger partial charge in [-0.25, -0.2) is 0 Å². The number of hydrogen-bond donors (Lipinski definition) is 2. The fourth-order valence-corrected chi connectivity index (χ4v) is 5.96. The van der Waals surface area contributed by atoms with Gasteiger partial charge in [-0.1, -0.05) is 76.9 Å². The van der Waals surface area contributed by atoms with Crippen molar-refractivity contribution >= 4 is 11.8 Å². The van der Waals surface area contributed by atoms with Gasteiger partial charge in [0, 0.05) is 31.0 Å². The van der Waals surface area contributed by atoms with Gasteiger partial charge in [0.1, 0.15) is 11.9 Å². The molecule has 0 aromatic heterocycles. The third-order valence-corrected chi connectivity index (χ3v) is 8.81. The first-order valence-corrected chi connectivity index (χ1v) is 14.6. The van der Waals surface area contributed by atoms with Crippen LogP contribution in [0.1, 0.15) is 96.1 Å².